The van der Waals surface area contributed by atoms with Crippen LogP contribution in [-0.2, 0) is 9.53 Å². The number of alkyl halides is 3. The van der Waals surface area contributed by atoms with Crippen molar-refractivity contribution >= 4 is 18.6 Å². The van der Waals surface area contributed by atoms with E-state index in [9.17, 15) is 18.0 Å². The Kier molecular flexibility index (Phi) is 5.16. The van der Waals surface area contributed by atoms with Gasteiger partial charge < -0.3 is 4.74 Å². The van der Waals surface area contributed by atoms with Crippen LogP contribution in [-0.4, -0.2) is 30.7 Å². The highest BCUT2D eigenvalue weighted by atomic mass is 32.1. The first-order valence-corrected chi connectivity index (χ1v) is 4.03. The van der Waals surface area contributed by atoms with Crippen LogP contribution in [0.15, 0.2) is 0 Å². The van der Waals surface area contributed by atoms with Crippen molar-refractivity contribution in [3.63, 3.8) is 0 Å². The molecule has 0 aliphatic heterocycles. The van der Waals surface area contributed by atoms with E-state index in [4.69, 9.17) is 0 Å². The van der Waals surface area contributed by atoms with Crippen molar-refractivity contribution in [1.82, 2.24) is 5.32 Å². The maximum atomic E-state index is 11.8. The quantitative estimate of drug-likeness (QED) is 0.418. The molecule has 0 fully saturated rings. The van der Waals surface area contributed by atoms with Crippen molar-refractivity contribution < 1.29 is 22.7 Å². The van der Waals surface area contributed by atoms with Crippen molar-refractivity contribution in [1.29, 1.82) is 0 Å². The molecular formula is C6H10F3NO2S. The zero-order valence-corrected chi connectivity index (χ0v) is 7.78. The lowest BCUT2D eigenvalue weighted by Crippen LogP contribution is -2.40. The number of halogens is 3. The van der Waals surface area contributed by atoms with Crippen LogP contribution in [0.25, 0.3) is 0 Å². The molecule has 78 valence electrons. The van der Waals surface area contributed by atoms with E-state index in [0.29, 0.717) is 0 Å². The van der Waals surface area contributed by atoms with Gasteiger partial charge in [-0.25, -0.2) is 0 Å². The molecule has 0 aliphatic carbocycles. The number of carbonyl (C=O) groups excluding carboxylic acids is 1. The fourth-order valence-electron chi connectivity index (χ4n) is 0.508. The average Bonchev–Trinajstić information content (AvgIpc) is 1.99. The lowest BCUT2D eigenvalue weighted by atomic mass is 10.5. The Morgan fingerprint density at radius 3 is 2.54 bits per heavy atom. The number of thiol groups is 1. The molecule has 0 spiro atoms. The zero-order valence-electron chi connectivity index (χ0n) is 6.89. The monoisotopic (exact) mass is 217 g/mol. The summed E-state index contributed by atoms with van der Waals surface area (Å²) >= 11 is 3.21. The van der Waals surface area contributed by atoms with E-state index in [-0.39, 0.29) is 6.61 Å². The molecule has 0 saturated heterocycles. The topological polar surface area (TPSA) is 38.3 Å². The standard InChI is InChI=1S/C6H10F3NO2S/c1-2-12-4(11)3-10-5(13)6(7,8)9/h5,10,13H,2-3H2,1H3. The van der Waals surface area contributed by atoms with Gasteiger partial charge in [0.25, 0.3) is 0 Å². The van der Waals surface area contributed by atoms with Crippen LogP contribution >= 0.6 is 12.6 Å². The number of nitrogens with one attached hydrogen (secondary N) is 1. The second-order valence-corrected chi connectivity index (χ2v) is 2.65. The Labute approximate surface area is 79.0 Å². The predicted octanol–water partition coefficient (Wildman–Crippen LogP) is 0.957. The molecule has 1 atom stereocenters. The number of carbonyl (C=O) groups is 1. The van der Waals surface area contributed by atoms with Gasteiger partial charge >= 0.3 is 12.1 Å². The highest BCUT2D eigenvalue weighted by Crippen LogP contribution is 2.21. The summed E-state index contributed by atoms with van der Waals surface area (Å²) in [5, 5.41) is -0.131. The van der Waals surface area contributed by atoms with Crippen LogP contribution in [0, 0.1) is 0 Å². The van der Waals surface area contributed by atoms with Gasteiger partial charge in [-0.1, -0.05) is 0 Å². The van der Waals surface area contributed by atoms with Crippen molar-refractivity contribution in [2.24, 2.45) is 0 Å². The summed E-state index contributed by atoms with van der Waals surface area (Å²) in [5.41, 5.74) is 0. The van der Waals surface area contributed by atoms with Crippen LogP contribution in [0.2, 0.25) is 0 Å². The highest BCUT2D eigenvalue weighted by molar-refractivity contribution is 7.81. The van der Waals surface area contributed by atoms with Gasteiger partial charge in [0.15, 0.2) is 0 Å². The van der Waals surface area contributed by atoms with Gasteiger partial charge in [-0.2, -0.15) is 25.8 Å². The van der Waals surface area contributed by atoms with Crippen molar-refractivity contribution in [3.8, 4) is 0 Å². The summed E-state index contributed by atoms with van der Waals surface area (Å²) in [6.07, 6.45) is -4.46. The minimum absolute atomic E-state index is 0.143. The molecule has 1 N–H and O–H groups in total. The predicted molar refractivity (Wildman–Crippen MR) is 43.5 cm³/mol. The molecule has 0 aromatic heterocycles. The Morgan fingerprint density at radius 2 is 2.15 bits per heavy atom. The SMILES string of the molecule is CCOC(=O)CNC(S)C(F)(F)F. The summed E-state index contributed by atoms with van der Waals surface area (Å²) < 4.78 is 39.8. The van der Waals surface area contributed by atoms with Crippen LogP contribution in [0.5, 0.6) is 0 Å². The fraction of sp³-hybridized carbons (Fsp3) is 0.833. The van der Waals surface area contributed by atoms with Crippen LogP contribution in [0.4, 0.5) is 13.2 Å². The summed E-state index contributed by atoms with van der Waals surface area (Å²) in [4.78, 5) is 10.6. The maximum absolute atomic E-state index is 11.8. The van der Waals surface area contributed by atoms with Crippen molar-refractivity contribution in [2.45, 2.75) is 18.5 Å². The van der Waals surface area contributed by atoms with E-state index in [0.717, 1.165) is 0 Å². The third-order valence-corrected chi connectivity index (χ3v) is 1.53. The van der Waals surface area contributed by atoms with E-state index in [2.05, 4.69) is 17.4 Å². The third kappa shape index (κ3) is 5.75. The zero-order chi connectivity index (χ0) is 10.5. The highest BCUT2D eigenvalue weighted by Gasteiger charge is 2.36. The molecule has 0 rings (SSSR count). The molecule has 0 heterocycles. The molecular weight excluding hydrogens is 207 g/mol. The Balaban J connectivity index is 3.70. The summed E-state index contributed by atoms with van der Waals surface area (Å²) in [7, 11) is 0. The Morgan fingerprint density at radius 1 is 1.62 bits per heavy atom. The molecule has 0 aromatic carbocycles. The van der Waals surface area contributed by atoms with Gasteiger partial charge in [0.2, 0.25) is 0 Å². The van der Waals surface area contributed by atoms with Gasteiger partial charge in [0, 0.05) is 0 Å². The van der Waals surface area contributed by atoms with E-state index >= 15 is 0 Å². The molecule has 13 heavy (non-hydrogen) atoms. The second-order valence-electron chi connectivity index (χ2n) is 2.13. The first kappa shape index (κ1) is 12.6. The number of esters is 1. The average molecular weight is 217 g/mol. The molecule has 0 radical (unpaired) electrons. The normalized spacial score (nSPS) is 13.9. The Hall–Kier alpha value is -0.430. The number of rotatable bonds is 4. The molecule has 0 aliphatic rings. The molecule has 7 heteroatoms. The lowest BCUT2D eigenvalue weighted by Gasteiger charge is -2.15. The lowest BCUT2D eigenvalue weighted by molar-refractivity contribution is -0.146. The fourth-order valence-corrected chi connectivity index (χ4v) is 0.599. The first-order chi connectivity index (χ1) is 5.88. The largest absolute Gasteiger partial charge is 0.465 e. The molecule has 0 amide bonds. The van der Waals surface area contributed by atoms with Crippen LogP contribution in [0.1, 0.15) is 6.92 Å². The van der Waals surface area contributed by atoms with Crippen molar-refractivity contribution in [3.05, 3.63) is 0 Å². The van der Waals surface area contributed by atoms with E-state index in [1.807, 2.05) is 5.32 Å². The van der Waals surface area contributed by atoms with Crippen molar-refractivity contribution in [2.75, 3.05) is 13.2 Å². The minimum atomic E-state index is -4.46. The van der Waals surface area contributed by atoms with Crippen LogP contribution < -0.4 is 5.32 Å². The van der Waals surface area contributed by atoms with Gasteiger partial charge in [-0.05, 0) is 6.92 Å². The third-order valence-electron chi connectivity index (χ3n) is 1.06. The van der Waals surface area contributed by atoms with Gasteiger partial charge in [-0.3, -0.25) is 10.1 Å². The number of ether oxygens (including phenoxy) is 1. The second kappa shape index (κ2) is 5.33. The molecule has 0 saturated carbocycles. The van der Waals surface area contributed by atoms with E-state index in [1.165, 1.54) is 0 Å². The summed E-state index contributed by atoms with van der Waals surface area (Å²) in [5.74, 6) is -0.731. The summed E-state index contributed by atoms with van der Waals surface area (Å²) in [6.45, 7) is 1.21. The van der Waals surface area contributed by atoms with Gasteiger partial charge in [-0.15, -0.1) is 0 Å². The number of hydrogen-bond donors (Lipinski definition) is 2. The summed E-state index contributed by atoms with van der Waals surface area (Å²) in [6, 6.07) is 0. The minimum Gasteiger partial charge on any atom is -0.465 e. The maximum Gasteiger partial charge on any atom is 0.412 e. The van der Waals surface area contributed by atoms with Gasteiger partial charge in [0.05, 0.1) is 13.2 Å². The smallest absolute Gasteiger partial charge is 0.412 e. The first-order valence-electron chi connectivity index (χ1n) is 3.51. The van der Waals surface area contributed by atoms with E-state index < -0.39 is 24.1 Å². The number of hydrogen-bond acceptors (Lipinski definition) is 4. The molecule has 0 aromatic rings. The molecule has 1 unspecified atom stereocenters. The molecule has 0 bridgehead atoms. The molecule has 3 nitrogen and oxygen atoms in total. The van der Waals surface area contributed by atoms with E-state index in [1.54, 1.807) is 6.92 Å². The van der Waals surface area contributed by atoms with Crippen LogP contribution in [0.3, 0.4) is 0 Å². The van der Waals surface area contributed by atoms with Gasteiger partial charge in [0.1, 0.15) is 5.37 Å². The Bertz CT molecular complexity index is 174.